The number of carbonyl (C=O) groups is 1. The molecule has 4 nitrogen and oxygen atoms in total. The van der Waals surface area contributed by atoms with Crippen LogP contribution < -0.4 is 4.90 Å². The quantitative estimate of drug-likeness (QED) is 0.799. The molecule has 1 saturated heterocycles. The maximum Gasteiger partial charge on any atom is 0.393 e. The smallest absolute Gasteiger partial charge is 0.393 e. The number of alkyl halides is 3. The van der Waals surface area contributed by atoms with Crippen molar-refractivity contribution in [2.75, 3.05) is 25.1 Å². The van der Waals surface area contributed by atoms with Crippen LogP contribution in [0, 0.1) is 5.92 Å². The summed E-state index contributed by atoms with van der Waals surface area (Å²) in [5.74, 6) is -1.60. The number of hydrogen-bond donors (Lipinski definition) is 0. The summed E-state index contributed by atoms with van der Waals surface area (Å²) < 4.78 is 42.9. The summed E-state index contributed by atoms with van der Waals surface area (Å²) in [5, 5.41) is 2.39. The summed E-state index contributed by atoms with van der Waals surface area (Å²) >= 11 is 1.32. The number of aryl methyl sites for hydroxylation is 1. The van der Waals surface area contributed by atoms with Gasteiger partial charge in [0.1, 0.15) is 0 Å². The SMILES string of the molecule is COC(=O)CCc1csc(N2CCCC(C(F)(F)F)C2)n1. The average molecular weight is 322 g/mol. The zero-order valence-electron chi connectivity index (χ0n) is 11.7. The molecule has 0 spiro atoms. The summed E-state index contributed by atoms with van der Waals surface area (Å²) in [7, 11) is 1.32. The molecule has 118 valence electrons. The van der Waals surface area contributed by atoms with Gasteiger partial charge >= 0.3 is 12.1 Å². The Morgan fingerprint density at radius 1 is 1.57 bits per heavy atom. The van der Waals surface area contributed by atoms with Crippen molar-refractivity contribution in [1.82, 2.24) is 4.98 Å². The Labute approximate surface area is 124 Å². The summed E-state index contributed by atoms with van der Waals surface area (Å²) in [5.41, 5.74) is 0.717. The summed E-state index contributed by atoms with van der Waals surface area (Å²) in [6.45, 7) is 0.560. The molecule has 1 fully saturated rings. The first-order chi connectivity index (χ1) is 9.90. The molecule has 0 N–H and O–H groups in total. The van der Waals surface area contributed by atoms with E-state index in [1.165, 1.54) is 18.4 Å². The highest BCUT2D eigenvalue weighted by Gasteiger charge is 2.42. The van der Waals surface area contributed by atoms with Gasteiger partial charge in [0, 0.05) is 24.9 Å². The lowest BCUT2D eigenvalue weighted by Gasteiger charge is -2.33. The van der Waals surface area contributed by atoms with Crippen LogP contribution in [0.5, 0.6) is 0 Å². The molecule has 0 aliphatic carbocycles. The number of piperidine rings is 1. The van der Waals surface area contributed by atoms with E-state index in [2.05, 4.69) is 9.72 Å². The highest BCUT2D eigenvalue weighted by Crippen LogP contribution is 2.35. The molecule has 0 saturated carbocycles. The predicted octanol–water partition coefficient (Wildman–Crippen LogP) is 3.03. The van der Waals surface area contributed by atoms with E-state index in [9.17, 15) is 18.0 Å². The van der Waals surface area contributed by atoms with Crippen molar-refractivity contribution in [3.8, 4) is 0 Å². The molecular formula is C13H17F3N2O2S. The standard InChI is InChI=1S/C13H17F3N2O2S/c1-20-11(19)5-4-10-8-21-12(17-10)18-6-2-3-9(7-18)13(14,15)16/h8-9H,2-7H2,1H3. The van der Waals surface area contributed by atoms with Crippen molar-refractivity contribution < 1.29 is 22.7 Å². The van der Waals surface area contributed by atoms with E-state index < -0.39 is 12.1 Å². The second-order valence-electron chi connectivity index (χ2n) is 5.02. The Morgan fingerprint density at radius 3 is 3.00 bits per heavy atom. The highest BCUT2D eigenvalue weighted by molar-refractivity contribution is 7.13. The van der Waals surface area contributed by atoms with Gasteiger partial charge in [-0.2, -0.15) is 13.2 Å². The van der Waals surface area contributed by atoms with Crippen LogP contribution in [0.3, 0.4) is 0 Å². The van der Waals surface area contributed by atoms with Crippen molar-refractivity contribution >= 4 is 22.4 Å². The minimum absolute atomic E-state index is 0.0343. The number of esters is 1. The van der Waals surface area contributed by atoms with Crippen LogP contribution in [-0.4, -0.2) is 37.3 Å². The van der Waals surface area contributed by atoms with Crippen LogP contribution in [0.15, 0.2) is 5.38 Å². The monoisotopic (exact) mass is 322 g/mol. The maximum atomic E-state index is 12.8. The Balaban J connectivity index is 1.96. The molecule has 0 radical (unpaired) electrons. The molecule has 0 bridgehead atoms. The number of thiazole rings is 1. The topological polar surface area (TPSA) is 42.4 Å². The second kappa shape index (κ2) is 6.64. The van der Waals surface area contributed by atoms with Crippen molar-refractivity contribution in [3.05, 3.63) is 11.1 Å². The second-order valence-corrected chi connectivity index (χ2v) is 5.86. The van der Waals surface area contributed by atoms with E-state index in [-0.39, 0.29) is 25.4 Å². The zero-order valence-corrected chi connectivity index (χ0v) is 12.5. The Bertz CT molecular complexity index is 490. The minimum atomic E-state index is -4.15. The molecule has 1 aliphatic rings. The van der Waals surface area contributed by atoms with Gasteiger partial charge in [-0.25, -0.2) is 4.98 Å². The van der Waals surface area contributed by atoms with Crippen LogP contribution in [0.2, 0.25) is 0 Å². The van der Waals surface area contributed by atoms with Gasteiger partial charge in [-0.05, 0) is 12.8 Å². The first-order valence-electron chi connectivity index (χ1n) is 6.73. The van der Waals surface area contributed by atoms with Gasteiger partial charge in [0.15, 0.2) is 5.13 Å². The number of ether oxygens (including phenoxy) is 1. The fourth-order valence-corrected chi connectivity index (χ4v) is 3.20. The highest BCUT2D eigenvalue weighted by atomic mass is 32.1. The Morgan fingerprint density at radius 2 is 2.33 bits per heavy atom. The lowest BCUT2D eigenvalue weighted by Crippen LogP contribution is -2.41. The van der Waals surface area contributed by atoms with Gasteiger partial charge in [0.2, 0.25) is 0 Å². The molecule has 21 heavy (non-hydrogen) atoms. The number of anilines is 1. The van der Waals surface area contributed by atoms with E-state index in [1.54, 1.807) is 10.3 Å². The number of aromatic nitrogens is 1. The zero-order chi connectivity index (χ0) is 15.5. The van der Waals surface area contributed by atoms with Gasteiger partial charge in [-0.3, -0.25) is 4.79 Å². The van der Waals surface area contributed by atoms with Gasteiger partial charge < -0.3 is 9.64 Å². The molecule has 0 aromatic carbocycles. The van der Waals surface area contributed by atoms with Crippen LogP contribution in [0.25, 0.3) is 0 Å². The molecule has 1 unspecified atom stereocenters. The molecule has 2 heterocycles. The number of nitrogens with zero attached hydrogens (tertiary/aromatic N) is 2. The third-order valence-corrected chi connectivity index (χ3v) is 4.46. The molecule has 1 aliphatic heterocycles. The summed E-state index contributed by atoms with van der Waals surface area (Å²) in [4.78, 5) is 17.1. The number of halogens is 3. The van der Waals surface area contributed by atoms with E-state index in [1.807, 2.05) is 0 Å². The molecule has 2 rings (SSSR count). The molecule has 1 aromatic rings. The van der Waals surface area contributed by atoms with Crippen LogP contribution in [0.1, 0.15) is 25.0 Å². The molecule has 1 aromatic heterocycles. The fraction of sp³-hybridized carbons (Fsp3) is 0.692. The number of rotatable bonds is 4. The lowest BCUT2D eigenvalue weighted by atomic mass is 9.98. The molecular weight excluding hydrogens is 305 g/mol. The Kier molecular flexibility index (Phi) is 5.08. The van der Waals surface area contributed by atoms with Crippen LogP contribution in [0.4, 0.5) is 18.3 Å². The predicted molar refractivity (Wildman–Crippen MR) is 73.4 cm³/mol. The number of hydrogen-bond acceptors (Lipinski definition) is 5. The molecule has 8 heteroatoms. The normalized spacial score (nSPS) is 19.6. The van der Waals surface area contributed by atoms with Crippen molar-refractivity contribution in [3.63, 3.8) is 0 Å². The third kappa shape index (κ3) is 4.33. The van der Waals surface area contributed by atoms with Crippen molar-refractivity contribution in [2.24, 2.45) is 5.92 Å². The largest absolute Gasteiger partial charge is 0.469 e. The van der Waals surface area contributed by atoms with E-state index >= 15 is 0 Å². The maximum absolute atomic E-state index is 12.8. The summed E-state index contributed by atoms with van der Waals surface area (Å²) in [6.07, 6.45) is -2.78. The van der Waals surface area contributed by atoms with E-state index in [4.69, 9.17) is 0 Å². The average Bonchev–Trinajstić information content (AvgIpc) is 2.93. The Hall–Kier alpha value is -1.31. The number of carbonyl (C=O) groups excluding carboxylic acids is 1. The van der Waals surface area contributed by atoms with Gasteiger partial charge in [0.05, 0.1) is 25.1 Å². The van der Waals surface area contributed by atoms with Gasteiger partial charge in [0.25, 0.3) is 0 Å². The van der Waals surface area contributed by atoms with Crippen LogP contribution in [-0.2, 0) is 16.0 Å². The number of methoxy groups -OCH3 is 1. The first kappa shape index (κ1) is 16.1. The van der Waals surface area contributed by atoms with Crippen LogP contribution >= 0.6 is 11.3 Å². The molecule has 0 amide bonds. The summed E-state index contributed by atoms with van der Waals surface area (Å²) in [6, 6.07) is 0. The third-order valence-electron chi connectivity index (χ3n) is 3.51. The minimum Gasteiger partial charge on any atom is -0.469 e. The lowest BCUT2D eigenvalue weighted by molar-refractivity contribution is -0.176. The molecule has 1 atom stereocenters. The van der Waals surface area contributed by atoms with E-state index in [0.29, 0.717) is 24.5 Å². The first-order valence-corrected chi connectivity index (χ1v) is 7.61. The van der Waals surface area contributed by atoms with Crippen molar-refractivity contribution in [1.29, 1.82) is 0 Å². The van der Waals surface area contributed by atoms with Gasteiger partial charge in [-0.15, -0.1) is 11.3 Å². The van der Waals surface area contributed by atoms with E-state index in [0.717, 1.165) is 5.69 Å². The fourth-order valence-electron chi connectivity index (χ4n) is 2.31. The van der Waals surface area contributed by atoms with Gasteiger partial charge in [-0.1, -0.05) is 0 Å². The van der Waals surface area contributed by atoms with Crippen molar-refractivity contribution in [2.45, 2.75) is 31.9 Å².